The Balaban J connectivity index is 2.23. The number of ketones is 1. The van der Waals surface area contributed by atoms with Crippen LogP contribution in [0, 0.1) is 0 Å². The molecule has 0 saturated heterocycles. The van der Waals surface area contributed by atoms with E-state index in [-0.39, 0.29) is 5.78 Å². The van der Waals surface area contributed by atoms with Gasteiger partial charge in [-0.2, -0.15) is 0 Å². The molecule has 0 heterocycles. The molecule has 0 spiro atoms. The Kier molecular flexibility index (Phi) is 5.70. The molecule has 0 bridgehead atoms. The fourth-order valence-electron chi connectivity index (χ4n) is 2.49. The Morgan fingerprint density at radius 3 is 2.38 bits per heavy atom. The number of likely N-dealkylation sites (N-methyl/N-ethyl adjacent to an activating group) is 1. The summed E-state index contributed by atoms with van der Waals surface area (Å²) < 4.78 is 0. The van der Waals surface area contributed by atoms with Crippen molar-refractivity contribution >= 4 is 5.78 Å². The van der Waals surface area contributed by atoms with E-state index in [1.165, 1.54) is 5.56 Å². The zero-order valence-corrected chi connectivity index (χ0v) is 12.9. The van der Waals surface area contributed by atoms with Gasteiger partial charge in [0.05, 0.1) is 0 Å². The highest BCUT2D eigenvalue weighted by molar-refractivity contribution is 6.09. The molecule has 0 aliphatic rings. The number of carbonyl (C=O) groups is 1. The van der Waals surface area contributed by atoms with Crippen LogP contribution in [-0.4, -0.2) is 19.4 Å². The minimum absolute atomic E-state index is 0.116. The third-order valence-corrected chi connectivity index (χ3v) is 3.66. The fraction of sp³-hybridized carbons (Fsp3) is 0.316. The molecule has 2 aromatic carbocycles. The highest BCUT2D eigenvalue weighted by atomic mass is 16.1. The molecule has 2 nitrogen and oxygen atoms in total. The zero-order chi connectivity index (χ0) is 15.1. The lowest BCUT2D eigenvalue weighted by Crippen LogP contribution is -2.13. The van der Waals surface area contributed by atoms with Crippen LogP contribution in [0.3, 0.4) is 0 Å². The average Bonchev–Trinajstić information content (AvgIpc) is 2.53. The summed E-state index contributed by atoms with van der Waals surface area (Å²) in [6.07, 6.45) is 3.06. The minimum Gasteiger partial charge on any atom is -0.319 e. The number of hydrogen-bond donors (Lipinski definition) is 1. The van der Waals surface area contributed by atoms with Crippen LogP contribution >= 0.6 is 0 Å². The summed E-state index contributed by atoms with van der Waals surface area (Å²) in [5, 5.41) is 3.13. The maximum absolute atomic E-state index is 12.7. The molecule has 0 radical (unpaired) electrons. The van der Waals surface area contributed by atoms with Crippen LogP contribution in [-0.2, 0) is 12.8 Å². The number of aryl methyl sites for hydroxylation is 1. The Morgan fingerprint density at radius 1 is 1.00 bits per heavy atom. The summed E-state index contributed by atoms with van der Waals surface area (Å²) in [7, 11) is 1.93. The van der Waals surface area contributed by atoms with Crippen molar-refractivity contribution in [2.45, 2.75) is 26.2 Å². The molecular weight excluding hydrogens is 258 g/mol. The smallest absolute Gasteiger partial charge is 0.193 e. The largest absolute Gasteiger partial charge is 0.319 e. The van der Waals surface area contributed by atoms with Crippen LogP contribution in [0.1, 0.15) is 40.4 Å². The Hall–Kier alpha value is -1.93. The summed E-state index contributed by atoms with van der Waals surface area (Å²) in [4.78, 5) is 12.7. The third-order valence-electron chi connectivity index (χ3n) is 3.66. The van der Waals surface area contributed by atoms with Crippen LogP contribution in [0.4, 0.5) is 0 Å². The van der Waals surface area contributed by atoms with Gasteiger partial charge in [0.15, 0.2) is 5.78 Å². The van der Waals surface area contributed by atoms with Crippen molar-refractivity contribution in [1.82, 2.24) is 5.32 Å². The molecular formula is C19H23NO. The molecule has 21 heavy (non-hydrogen) atoms. The van der Waals surface area contributed by atoms with Crippen LogP contribution in [0.5, 0.6) is 0 Å². The zero-order valence-electron chi connectivity index (χ0n) is 12.9. The summed E-state index contributed by atoms with van der Waals surface area (Å²) in [5.41, 5.74) is 3.98. The molecule has 110 valence electrons. The normalized spacial score (nSPS) is 10.6. The van der Waals surface area contributed by atoms with Crippen LogP contribution < -0.4 is 5.32 Å². The minimum atomic E-state index is 0.116. The topological polar surface area (TPSA) is 29.1 Å². The van der Waals surface area contributed by atoms with Gasteiger partial charge in [0.25, 0.3) is 0 Å². The number of benzene rings is 2. The van der Waals surface area contributed by atoms with Gasteiger partial charge in [-0.05, 0) is 37.6 Å². The SMILES string of the molecule is CCCc1ccc(C(=O)c2ccccc2CCNC)cc1. The molecule has 0 fully saturated rings. The monoisotopic (exact) mass is 281 g/mol. The fourth-order valence-corrected chi connectivity index (χ4v) is 2.49. The van der Waals surface area contributed by atoms with E-state index in [2.05, 4.69) is 24.4 Å². The summed E-state index contributed by atoms with van der Waals surface area (Å²) >= 11 is 0. The maximum atomic E-state index is 12.7. The van der Waals surface area contributed by atoms with E-state index in [9.17, 15) is 4.79 Å². The van der Waals surface area contributed by atoms with Crippen molar-refractivity contribution in [1.29, 1.82) is 0 Å². The first kappa shape index (κ1) is 15.5. The van der Waals surface area contributed by atoms with Crippen molar-refractivity contribution in [2.24, 2.45) is 0 Å². The lowest BCUT2D eigenvalue weighted by molar-refractivity contribution is 0.103. The summed E-state index contributed by atoms with van der Waals surface area (Å²) in [6.45, 7) is 3.04. The van der Waals surface area contributed by atoms with E-state index in [4.69, 9.17) is 0 Å². The molecule has 0 aliphatic heterocycles. The van der Waals surface area contributed by atoms with Crippen molar-refractivity contribution < 1.29 is 4.79 Å². The maximum Gasteiger partial charge on any atom is 0.193 e. The summed E-state index contributed by atoms with van der Waals surface area (Å²) in [6, 6.07) is 15.9. The second-order valence-electron chi connectivity index (χ2n) is 5.29. The molecule has 0 aliphatic carbocycles. The predicted molar refractivity (Wildman–Crippen MR) is 87.9 cm³/mol. The van der Waals surface area contributed by atoms with E-state index < -0.39 is 0 Å². The number of hydrogen-bond acceptors (Lipinski definition) is 2. The van der Waals surface area contributed by atoms with Gasteiger partial charge in [-0.25, -0.2) is 0 Å². The van der Waals surface area contributed by atoms with Crippen LogP contribution in [0.15, 0.2) is 48.5 Å². The van der Waals surface area contributed by atoms with Crippen LogP contribution in [0.25, 0.3) is 0 Å². The Morgan fingerprint density at radius 2 is 1.71 bits per heavy atom. The highest BCUT2D eigenvalue weighted by Crippen LogP contribution is 2.16. The van der Waals surface area contributed by atoms with E-state index >= 15 is 0 Å². The average molecular weight is 281 g/mol. The van der Waals surface area contributed by atoms with E-state index in [1.54, 1.807) is 0 Å². The lowest BCUT2D eigenvalue weighted by Gasteiger charge is -2.09. The number of nitrogens with one attached hydrogen (secondary N) is 1. The molecule has 2 aromatic rings. The van der Waals surface area contributed by atoms with Gasteiger partial charge in [0.1, 0.15) is 0 Å². The van der Waals surface area contributed by atoms with Gasteiger partial charge >= 0.3 is 0 Å². The van der Waals surface area contributed by atoms with Gasteiger partial charge in [-0.15, -0.1) is 0 Å². The van der Waals surface area contributed by atoms with Gasteiger partial charge < -0.3 is 5.32 Å². The van der Waals surface area contributed by atoms with Crippen molar-refractivity contribution in [3.63, 3.8) is 0 Å². The quantitative estimate of drug-likeness (QED) is 0.785. The number of carbonyl (C=O) groups excluding carboxylic acids is 1. The van der Waals surface area contributed by atoms with E-state index in [1.807, 2.05) is 43.4 Å². The van der Waals surface area contributed by atoms with Gasteiger partial charge in [0, 0.05) is 11.1 Å². The van der Waals surface area contributed by atoms with E-state index in [0.29, 0.717) is 0 Å². The Bertz CT molecular complexity index is 587. The predicted octanol–water partition coefficient (Wildman–Crippen LogP) is 3.63. The first-order valence-electron chi connectivity index (χ1n) is 7.62. The molecule has 1 N–H and O–H groups in total. The standard InChI is InChI=1S/C19H23NO/c1-3-6-15-9-11-17(12-10-15)19(21)18-8-5-4-7-16(18)13-14-20-2/h4-5,7-12,20H,3,6,13-14H2,1-2H3. The Labute approximate surface area is 127 Å². The number of rotatable bonds is 7. The second-order valence-corrected chi connectivity index (χ2v) is 5.29. The van der Waals surface area contributed by atoms with E-state index in [0.717, 1.165) is 42.5 Å². The molecule has 0 atom stereocenters. The second kappa shape index (κ2) is 7.75. The highest BCUT2D eigenvalue weighted by Gasteiger charge is 2.12. The van der Waals surface area contributed by atoms with Gasteiger partial charge in [0.2, 0.25) is 0 Å². The molecule has 0 aromatic heterocycles. The molecule has 2 heteroatoms. The van der Waals surface area contributed by atoms with Crippen LogP contribution in [0.2, 0.25) is 0 Å². The third kappa shape index (κ3) is 4.02. The van der Waals surface area contributed by atoms with Gasteiger partial charge in [-0.1, -0.05) is 61.9 Å². The summed E-state index contributed by atoms with van der Waals surface area (Å²) in [5.74, 6) is 0.116. The lowest BCUT2D eigenvalue weighted by atomic mass is 9.95. The first-order valence-corrected chi connectivity index (χ1v) is 7.62. The molecule has 0 amide bonds. The van der Waals surface area contributed by atoms with Crippen molar-refractivity contribution in [3.8, 4) is 0 Å². The van der Waals surface area contributed by atoms with Crippen molar-refractivity contribution in [2.75, 3.05) is 13.6 Å². The first-order chi connectivity index (χ1) is 10.3. The van der Waals surface area contributed by atoms with Gasteiger partial charge in [-0.3, -0.25) is 4.79 Å². The molecule has 2 rings (SSSR count). The van der Waals surface area contributed by atoms with Crippen molar-refractivity contribution in [3.05, 3.63) is 70.8 Å². The molecule has 0 unspecified atom stereocenters. The molecule has 0 saturated carbocycles.